The molecule has 0 aliphatic rings. The molecule has 0 saturated carbocycles. The van der Waals surface area contributed by atoms with E-state index in [2.05, 4.69) is 16.9 Å². The van der Waals surface area contributed by atoms with E-state index in [4.69, 9.17) is 27.8 Å². The van der Waals surface area contributed by atoms with Crippen molar-refractivity contribution >= 4 is 34.3 Å². The smallest absolute Gasteiger partial charge is 0.219 e. The minimum atomic E-state index is -0.0143. The fraction of sp³-hybridized carbons (Fsp3) is 0.100. The van der Waals surface area contributed by atoms with Crippen LogP contribution in [0, 0.1) is 0 Å². The van der Waals surface area contributed by atoms with Crippen molar-refractivity contribution in [3.63, 3.8) is 0 Å². The van der Waals surface area contributed by atoms with Gasteiger partial charge in [0.15, 0.2) is 0 Å². The first kappa shape index (κ1) is 17.2. The number of anilines is 2. The highest BCUT2D eigenvalue weighted by molar-refractivity contribution is 6.30. The molecule has 2 heterocycles. The number of pyridine rings is 1. The first-order valence-corrected chi connectivity index (χ1v) is 8.81. The summed E-state index contributed by atoms with van der Waals surface area (Å²) in [5, 5.41) is 0.567. The molecule has 0 aliphatic heterocycles. The highest BCUT2D eigenvalue weighted by Crippen LogP contribution is 2.30. The van der Waals surface area contributed by atoms with Gasteiger partial charge < -0.3 is 20.8 Å². The van der Waals surface area contributed by atoms with E-state index in [1.54, 1.807) is 18.3 Å². The van der Waals surface area contributed by atoms with Crippen LogP contribution in [-0.4, -0.2) is 14.5 Å². The maximum atomic E-state index is 6.15. The Labute approximate surface area is 161 Å². The van der Waals surface area contributed by atoms with Gasteiger partial charge >= 0.3 is 0 Å². The predicted molar refractivity (Wildman–Crippen MR) is 108 cm³/mol. The first-order valence-electron chi connectivity index (χ1n) is 8.43. The number of benzene rings is 2. The number of imidazole rings is 1. The molecule has 1 unspecified atom stereocenters. The highest BCUT2D eigenvalue weighted by Gasteiger charge is 2.16. The zero-order valence-corrected chi connectivity index (χ0v) is 15.4. The summed E-state index contributed by atoms with van der Waals surface area (Å²) in [6.45, 7) is 2.07. The van der Waals surface area contributed by atoms with E-state index >= 15 is 0 Å². The Morgan fingerprint density at radius 3 is 2.52 bits per heavy atom. The molecule has 6 nitrogen and oxygen atoms in total. The molecule has 4 N–H and O–H groups in total. The van der Waals surface area contributed by atoms with Crippen molar-refractivity contribution in [2.24, 2.45) is 0 Å². The number of hydrogen-bond donors (Lipinski definition) is 2. The Bertz CT molecular complexity index is 1090. The number of nitrogens with two attached hydrogens (primary N) is 2. The van der Waals surface area contributed by atoms with E-state index in [0.717, 1.165) is 16.6 Å². The lowest BCUT2D eigenvalue weighted by atomic mass is 10.1. The Morgan fingerprint density at radius 1 is 1.04 bits per heavy atom. The Hall–Kier alpha value is -3.25. The topological polar surface area (TPSA) is 92.0 Å². The Balaban J connectivity index is 1.61. The molecule has 0 amide bonds. The van der Waals surface area contributed by atoms with Crippen LogP contribution in [0.5, 0.6) is 11.6 Å². The third kappa shape index (κ3) is 3.39. The molecule has 0 saturated heterocycles. The molecule has 4 aromatic rings. The zero-order chi connectivity index (χ0) is 19.0. The summed E-state index contributed by atoms with van der Waals surface area (Å²) in [5.41, 5.74) is 15.6. The van der Waals surface area contributed by atoms with E-state index in [1.807, 2.05) is 47.0 Å². The van der Waals surface area contributed by atoms with Crippen LogP contribution in [0.4, 0.5) is 11.6 Å². The molecule has 27 heavy (non-hydrogen) atoms. The lowest BCUT2D eigenvalue weighted by molar-refractivity contribution is 0.462. The van der Waals surface area contributed by atoms with Crippen molar-refractivity contribution in [3.05, 3.63) is 71.4 Å². The first-order chi connectivity index (χ1) is 13.0. The van der Waals surface area contributed by atoms with Crippen LogP contribution in [0.3, 0.4) is 0 Å². The predicted octanol–water partition coefficient (Wildman–Crippen LogP) is 4.65. The lowest BCUT2D eigenvalue weighted by Crippen LogP contribution is -2.10. The molecule has 0 spiro atoms. The van der Waals surface area contributed by atoms with E-state index < -0.39 is 0 Å². The van der Waals surface area contributed by atoms with Crippen molar-refractivity contribution in [1.29, 1.82) is 0 Å². The lowest BCUT2D eigenvalue weighted by Gasteiger charge is -2.17. The zero-order valence-electron chi connectivity index (χ0n) is 14.6. The third-order valence-corrected chi connectivity index (χ3v) is 4.64. The second kappa shape index (κ2) is 6.81. The van der Waals surface area contributed by atoms with Gasteiger partial charge in [-0.1, -0.05) is 23.7 Å². The van der Waals surface area contributed by atoms with Crippen LogP contribution in [-0.2, 0) is 0 Å². The van der Waals surface area contributed by atoms with Crippen molar-refractivity contribution in [1.82, 2.24) is 14.5 Å². The van der Waals surface area contributed by atoms with Gasteiger partial charge in [0.25, 0.3) is 0 Å². The molecule has 136 valence electrons. The van der Waals surface area contributed by atoms with Crippen LogP contribution in [0.2, 0.25) is 5.02 Å². The molecule has 0 radical (unpaired) electrons. The number of rotatable bonds is 4. The monoisotopic (exact) mass is 379 g/mol. The van der Waals surface area contributed by atoms with Gasteiger partial charge in [-0.05, 0) is 48.9 Å². The van der Waals surface area contributed by atoms with Crippen LogP contribution in [0.1, 0.15) is 18.5 Å². The summed E-state index contributed by atoms with van der Waals surface area (Å²) in [6, 6.07) is 16.8. The number of nitrogens with zero attached hydrogens (tertiary/aromatic N) is 3. The standard InChI is InChI=1S/C20H18ClN5O/c1-12(26-18-10-15(22)5-8-17(18)25-20(26)23)13-2-6-16(7-3-13)27-19-9-4-14(21)11-24-19/h2-12H,22H2,1H3,(H2,23,25). The minimum Gasteiger partial charge on any atom is -0.439 e. The molecule has 2 aromatic heterocycles. The molecule has 4 rings (SSSR count). The quantitative estimate of drug-likeness (QED) is 0.503. The van der Waals surface area contributed by atoms with Crippen molar-refractivity contribution in [3.8, 4) is 11.6 Å². The second-order valence-corrected chi connectivity index (χ2v) is 6.69. The maximum absolute atomic E-state index is 6.15. The number of hydrogen-bond acceptors (Lipinski definition) is 5. The van der Waals surface area contributed by atoms with Gasteiger partial charge in [0, 0.05) is 18.0 Å². The van der Waals surface area contributed by atoms with E-state index in [0.29, 0.717) is 28.3 Å². The number of aromatic nitrogens is 3. The van der Waals surface area contributed by atoms with Crippen LogP contribution < -0.4 is 16.2 Å². The van der Waals surface area contributed by atoms with Gasteiger partial charge in [-0.25, -0.2) is 9.97 Å². The van der Waals surface area contributed by atoms with Crippen molar-refractivity contribution in [2.75, 3.05) is 11.5 Å². The summed E-state index contributed by atoms with van der Waals surface area (Å²) in [5.74, 6) is 1.63. The molecule has 0 aliphatic carbocycles. The number of fused-ring (bicyclic) bond motifs is 1. The summed E-state index contributed by atoms with van der Waals surface area (Å²) in [6.07, 6.45) is 1.55. The van der Waals surface area contributed by atoms with Crippen molar-refractivity contribution in [2.45, 2.75) is 13.0 Å². The Kier molecular flexibility index (Phi) is 4.33. The van der Waals surface area contributed by atoms with Crippen LogP contribution in [0.15, 0.2) is 60.8 Å². The Morgan fingerprint density at radius 2 is 1.81 bits per heavy atom. The fourth-order valence-electron chi connectivity index (χ4n) is 3.04. The molecule has 1 atom stereocenters. The van der Waals surface area contributed by atoms with Crippen molar-refractivity contribution < 1.29 is 4.74 Å². The van der Waals surface area contributed by atoms with Crippen LogP contribution >= 0.6 is 11.6 Å². The summed E-state index contributed by atoms with van der Waals surface area (Å²) < 4.78 is 7.71. The minimum absolute atomic E-state index is 0.0143. The van der Waals surface area contributed by atoms with Gasteiger partial charge in [-0.3, -0.25) is 0 Å². The maximum Gasteiger partial charge on any atom is 0.219 e. The fourth-order valence-corrected chi connectivity index (χ4v) is 3.15. The highest BCUT2D eigenvalue weighted by atomic mass is 35.5. The van der Waals surface area contributed by atoms with Gasteiger partial charge in [0.05, 0.1) is 22.1 Å². The molecule has 0 bridgehead atoms. The largest absolute Gasteiger partial charge is 0.439 e. The molecular formula is C20H18ClN5O. The van der Waals surface area contributed by atoms with E-state index in [1.165, 1.54) is 0 Å². The van der Waals surface area contributed by atoms with Gasteiger partial charge in [-0.15, -0.1) is 0 Å². The molecular weight excluding hydrogens is 362 g/mol. The summed E-state index contributed by atoms with van der Waals surface area (Å²) in [7, 11) is 0. The molecule has 0 fully saturated rings. The summed E-state index contributed by atoms with van der Waals surface area (Å²) >= 11 is 5.84. The normalized spacial score (nSPS) is 12.2. The average molecular weight is 380 g/mol. The van der Waals surface area contributed by atoms with E-state index in [-0.39, 0.29) is 6.04 Å². The number of nitrogen functional groups attached to an aromatic ring is 2. The second-order valence-electron chi connectivity index (χ2n) is 6.25. The number of halogens is 1. The van der Waals surface area contributed by atoms with Gasteiger partial charge in [0.2, 0.25) is 11.8 Å². The molecule has 2 aromatic carbocycles. The third-order valence-electron chi connectivity index (χ3n) is 4.41. The van der Waals surface area contributed by atoms with Gasteiger partial charge in [0.1, 0.15) is 5.75 Å². The van der Waals surface area contributed by atoms with Crippen LogP contribution in [0.25, 0.3) is 11.0 Å². The SMILES string of the molecule is CC(c1ccc(Oc2ccc(Cl)cn2)cc1)n1c(N)nc2ccc(N)cc21. The van der Waals surface area contributed by atoms with E-state index in [9.17, 15) is 0 Å². The number of ether oxygens (including phenoxy) is 1. The molecule has 7 heteroatoms. The summed E-state index contributed by atoms with van der Waals surface area (Å²) in [4.78, 5) is 8.55. The van der Waals surface area contributed by atoms with Gasteiger partial charge in [-0.2, -0.15) is 0 Å². The average Bonchev–Trinajstić information content (AvgIpc) is 2.98.